The lowest BCUT2D eigenvalue weighted by molar-refractivity contribution is -0.141. The number of esters is 1. The van der Waals surface area contributed by atoms with Crippen molar-refractivity contribution in [2.45, 2.75) is 13.0 Å². The van der Waals surface area contributed by atoms with Gasteiger partial charge in [-0.3, -0.25) is 4.99 Å². The van der Waals surface area contributed by atoms with Crippen LogP contribution in [0.4, 0.5) is 0 Å². The second kappa shape index (κ2) is 4.72. The predicted octanol–water partition coefficient (Wildman–Crippen LogP) is 1.01. The number of aliphatic imine (C=N–C) groups is 1. The molecular formula is C5H8INO2. The summed E-state index contributed by atoms with van der Waals surface area (Å²) < 4.78 is 5.96. The molecule has 0 aromatic rings. The van der Waals surface area contributed by atoms with Crippen molar-refractivity contribution in [2.24, 2.45) is 4.99 Å². The van der Waals surface area contributed by atoms with Crippen molar-refractivity contribution in [1.82, 2.24) is 0 Å². The van der Waals surface area contributed by atoms with Gasteiger partial charge >= 0.3 is 5.97 Å². The highest BCUT2D eigenvalue weighted by Gasteiger charge is 2.08. The second-order valence-corrected chi connectivity index (χ2v) is 2.00. The molecule has 0 aromatic heterocycles. The highest BCUT2D eigenvalue weighted by molar-refractivity contribution is 14.1. The quantitative estimate of drug-likeness (QED) is 0.411. The molecule has 1 atom stereocenters. The van der Waals surface area contributed by atoms with Crippen LogP contribution in [0.15, 0.2) is 4.99 Å². The zero-order valence-electron chi connectivity index (χ0n) is 5.30. The number of methoxy groups -OCH3 is 1. The lowest BCUT2D eigenvalue weighted by atomic mass is 10.4. The van der Waals surface area contributed by atoms with Gasteiger partial charge in [0.1, 0.15) is 6.04 Å². The molecule has 0 saturated carbocycles. The minimum atomic E-state index is -0.369. The molecule has 52 valence electrons. The zero-order chi connectivity index (χ0) is 7.28. The predicted molar refractivity (Wildman–Crippen MR) is 44.0 cm³/mol. The van der Waals surface area contributed by atoms with Crippen molar-refractivity contribution in [1.29, 1.82) is 0 Å². The van der Waals surface area contributed by atoms with E-state index >= 15 is 0 Å². The van der Waals surface area contributed by atoms with E-state index in [1.807, 2.05) is 22.6 Å². The summed E-state index contributed by atoms with van der Waals surface area (Å²) in [6, 6.07) is -0.369. The van der Waals surface area contributed by atoms with Crippen LogP contribution in [0, 0.1) is 0 Å². The molecule has 0 aromatic carbocycles. The lowest BCUT2D eigenvalue weighted by Crippen LogP contribution is -2.15. The minimum Gasteiger partial charge on any atom is -0.467 e. The number of ether oxygens (including phenoxy) is 1. The van der Waals surface area contributed by atoms with Crippen molar-refractivity contribution in [2.75, 3.05) is 7.11 Å². The Labute approximate surface area is 67.6 Å². The first-order valence-corrected chi connectivity index (χ1v) is 3.66. The van der Waals surface area contributed by atoms with Crippen molar-refractivity contribution in [3.05, 3.63) is 0 Å². The van der Waals surface area contributed by atoms with E-state index in [4.69, 9.17) is 0 Å². The molecule has 3 nitrogen and oxygen atoms in total. The van der Waals surface area contributed by atoms with E-state index < -0.39 is 0 Å². The van der Waals surface area contributed by atoms with E-state index in [0.717, 1.165) is 0 Å². The fourth-order valence-electron chi connectivity index (χ4n) is 0.316. The van der Waals surface area contributed by atoms with E-state index in [-0.39, 0.29) is 12.0 Å². The molecule has 0 aliphatic rings. The summed E-state index contributed by atoms with van der Waals surface area (Å²) in [5, 5.41) is 0. The SMILES string of the molecule is COC(=O)[C@H](C)N=CI. The van der Waals surface area contributed by atoms with Crippen LogP contribution in [0.3, 0.4) is 0 Å². The molecular weight excluding hydrogens is 233 g/mol. The average Bonchev–Trinajstić information content (AvgIpc) is 1.87. The molecule has 0 unspecified atom stereocenters. The number of nitrogens with zero attached hydrogens (tertiary/aromatic N) is 1. The lowest BCUT2D eigenvalue weighted by Gasteiger charge is -2.00. The number of hydrogen-bond acceptors (Lipinski definition) is 3. The molecule has 0 N–H and O–H groups in total. The molecule has 0 aliphatic heterocycles. The Hall–Kier alpha value is -0.130. The average molecular weight is 241 g/mol. The van der Waals surface area contributed by atoms with Gasteiger partial charge < -0.3 is 4.74 Å². The van der Waals surface area contributed by atoms with Crippen LogP contribution in [0.2, 0.25) is 0 Å². The molecule has 0 aliphatic carbocycles. The fourth-order valence-corrected chi connectivity index (χ4v) is 0.798. The van der Waals surface area contributed by atoms with Crippen molar-refractivity contribution in [3.63, 3.8) is 0 Å². The third-order valence-corrected chi connectivity index (χ3v) is 1.14. The Balaban J connectivity index is 3.72. The molecule has 9 heavy (non-hydrogen) atoms. The molecule has 0 heterocycles. The van der Waals surface area contributed by atoms with Crippen LogP contribution >= 0.6 is 22.6 Å². The first-order chi connectivity index (χ1) is 4.22. The Morgan fingerprint density at radius 3 is 2.78 bits per heavy atom. The summed E-state index contributed by atoms with van der Waals surface area (Å²) in [4.78, 5) is 14.3. The van der Waals surface area contributed by atoms with Crippen molar-refractivity contribution >= 4 is 32.8 Å². The van der Waals surface area contributed by atoms with E-state index in [0.29, 0.717) is 0 Å². The molecule has 0 rings (SSSR count). The van der Waals surface area contributed by atoms with Gasteiger partial charge in [0.15, 0.2) is 0 Å². The van der Waals surface area contributed by atoms with Gasteiger partial charge in [-0.05, 0) is 29.5 Å². The monoisotopic (exact) mass is 241 g/mol. The Morgan fingerprint density at radius 1 is 1.89 bits per heavy atom. The molecule has 0 spiro atoms. The standard InChI is InChI=1S/C5H8INO2/c1-4(7-3-6)5(8)9-2/h3-4H,1-2H3/t4-/m0/s1. The summed E-state index contributed by atoms with van der Waals surface area (Å²) in [5.41, 5.74) is 0. The molecule has 0 saturated heterocycles. The highest BCUT2D eigenvalue weighted by Crippen LogP contribution is 1.91. The summed E-state index contributed by atoms with van der Waals surface area (Å²) in [7, 11) is 1.35. The summed E-state index contributed by atoms with van der Waals surface area (Å²) in [6.45, 7) is 1.68. The van der Waals surface area contributed by atoms with Gasteiger partial charge in [-0.2, -0.15) is 0 Å². The van der Waals surface area contributed by atoms with Crippen LogP contribution in [-0.4, -0.2) is 23.3 Å². The van der Waals surface area contributed by atoms with Crippen molar-refractivity contribution in [3.8, 4) is 0 Å². The second-order valence-electron chi connectivity index (χ2n) is 1.45. The van der Waals surface area contributed by atoms with E-state index in [2.05, 4.69) is 9.73 Å². The zero-order valence-corrected chi connectivity index (χ0v) is 7.45. The number of carbonyl (C=O) groups is 1. The van der Waals surface area contributed by atoms with Gasteiger partial charge in [-0.15, -0.1) is 0 Å². The maximum Gasteiger partial charge on any atom is 0.330 e. The first-order valence-electron chi connectivity index (χ1n) is 2.42. The van der Waals surface area contributed by atoms with Crippen LogP contribution in [0.1, 0.15) is 6.92 Å². The molecule has 4 heteroatoms. The third kappa shape index (κ3) is 3.45. The van der Waals surface area contributed by atoms with Crippen LogP contribution < -0.4 is 0 Å². The van der Waals surface area contributed by atoms with Gasteiger partial charge in [0.05, 0.1) is 11.3 Å². The van der Waals surface area contributed by atoms with Gasteiger partial charge in [0.2, 0.25) is 0 Å². The van der Waals surface area contributed by atoms with Crippen LogP contribution in [-0.2, 0) is 9.53 Å². The first kappa shape index (κ1) is 8.87. The van der Waals surface area contributed by atoms with E-state index in [1.54, 1.807) is 11.1 Å². The maximum absolute atomic E-state index is 10.6. The summed E-state index contributed by atoms with van der Waals surface area (Å²) in [5.74, 6) is -0.303. The number of carbonyl (C=O) groups excluding carboxylic acids is 1. The Morgan fingerprint density at radius 2 is 2.44 bits per heavy atom. The Kier molecular flexibility index (Phi) is 4.65. The third-order valence-electron chi connectivity index (χ3n) is 0.822. The van der Waals surface area contributed by atoms with E-state index in [9.17, 15) is 4.79 Å². The topological polar surface area (TPSA) is 38.7 Å². The van der Waals surface area contributed by atoms with E-state index in [1.165, 1.54) is 7.11 Å². The molecule has 0 amide bonds. The number of halogens is 1. The Bertz CT molecular complexity index is 124. The van der Waals surface area contributed by atoms with Crippen LogP contribution in [0.25, 0.3) is 0 Å². The number of rotatable bonds is 2. The van der Waals surface area contributed by atoms with Crippen LogP contribution in [0.5, 0.6) is 0 Å². The summed E-state index contributed by atoms with van der Waals surface area (Å²) >= 11 is 1.95. The largest absolute Gasteiger partial charge is 0.467 e. The number of hydrogen-bond donors (Lipinski definition) is 0. The van der Waals surface area contributed by atoms with Gasteiger partial charge in [-0.25, -0.2) is 4.79 Å². The fraction of sp³-hybridized carbons (Fsp3) is 0.600. The smallest absolute Gasteiger partial charge is 0.330 e. The van der Waals surface area contributed by atoms with Gasteiger partial charge in [-0.1, -0.05) is 0 Å². The summed E-state index contributed by atoms with van der Waals surface area (Å²) in [6.07, 6.45) is 0. The van der Waals surface area contributed by atoms with Gasteiger partial charge in [0, 0.05) is 0 Å². The maximum atomic E-state index is 10.6. The van der Waals surface area contributed by atoms with Gasteiger partial charge in [0.25, 0.3) is 0 Å². The molecule has 0 radical (unpaired) electrons. The minimum absolute atomic E-state index is 0.303. The molecule has 0 bridgehead atoms. The molecule has 0 fully saturated rings. The normalized spacial score (nSPS) is 13.7. The van der Waals surface area contributed by atoms with Crippen molar-refractivity contribution < 1.29 is 9.53 Å². The highest BCUT2D eigenvalue weighted by atomic mass is 127.